The molecular weight excluding hydrogens is 356 g/mol. The number of ether oxygens (including phenoxy) is 2. The van der Waals surface area contributed by atoms with Crippen molar-refractivity contribution in [2.24, 2.45) is 0 Å². The number of hydrogen-bond donors (Lipinski definition) is 1. The molecule has 0 fully saturated rings. The van der Waals surface area contributed by atoms with E-state index in [0.717, 1.165) is 0 Å². The van der Waals surface area contributed by atoms with Crippen LogP contribution in [0.25, 0.3) is 0 Å². The lowest BCUT2D eigenvalue weighted by molar-refractivity contribution is 0.0772. The fourth-order valence-corrected chi connectivity index (χ4v) is 2.79. The number of hydrogen-bond acceptors (Lipinski definition) is 4. The van der Waals surface area contributed by atoms with Crippen molar-refractivity contribution in [1.82, 2.24) is 4.90 Å². The summed E-state index contributed by atoms with van der Waals surface area (Å²) in [6.45, 7) is 8.99. The summed E-state index contributed by atoms with van der Waals surface area (Å²) in [5.41, 5.74) is 1.54. The summed E-state index contributed by atoms with van der Waals surface area (Å²) in [6, 6.07) is 12.0. The summed E-state index contributed by atoms with van der Waals surface area (Å²) in [4.78, 5) is 26.9. The van der Waals surface area contributed by atoms with Crippen LogP contribution < -0.4 is 14.8 Å². The quantitative estimate of drug-likeness (QED) is 0.740. The normalized spacial score (nSPS) is 10.5. The molecule has 6 nitrogen and oxygen atoms in total. The minimum Gasteiger partial charge on any atom is -0.493 e. The van der Waals surface area contributed by atoms with E-state index in [4.69, 9.17) is 9.47 Å². The molecule has 0 saturated heterocycles. The molecule has 0 aliphatic carbocycles. The van der Waals surface area contributed by atoms with Gasteiger partial charge in [-0.05, 0) is 64.1 Å². The highest BCUT2D eigenvalue weighted by Gasteiger charge is 2.15. The van der Waals surface area contributed by atoms with Crippen LogP contribution in [0.1, 0.15) is 48.4 Å². The summed E-state index contributed by atoms with van der Waals surface area (Å²) >= 11 is 0. The topological polar surface area (TPSA) is 67.9 Å². The van der Waals surface area contributed by atoms with Crippen LogP contribution in [-0.4, -0.2) is 43.0 Å². The average molecular weight is 384 g/mol. The summed E-state index contributed by atoms with van der Waals surface area (Å²) in [7, 11) is 1.53. The Labute approximate surface area is 166 Å². The van der Waals surface area contributed by atoms with Crippen molar-refractivity contribution in [3.8, 4) is 11.5 Å². The lowest BCUT2D eigenvalue weighted by Gasteiger charge is -2.19. The monoisotopic (exact) mass is 384 g/mol. The maximum absolute atomic E-state index is 12.6. The van der Waals surface area contributed by atoms with Gasteiger partial charge in [0.25, 0.3) is 11.8 Å². The van der Waals surface area contributed by atoms with Gasteiger partial charge in [0.05, 0.1) is 13.2 Å². The predicted molar refractivity (Wildman–Crippen MR) is 110 cm³/mol. The SMILES string of the molecule is CCN(CC)C(=O)c1cccc(NC(=O)c2ccc(OC(C)C)c(OC)c2)c1. The molecule has 0 heterocycles. The van der Waals surface area contributed by atoms with E-state index in [1.165, 1.54) is 7.11 Å². The molecule has 0 atom stereocenters. The number of carbonyl (C=O) groups excluding carboxylic acids is 2. The third kappa shape index (κ3) is 5.25. The van der Waals surface area contributed by atoms with Gasteiger partial charge in [-0.3, -0.25) is 9.59 Å². The molecule has 2 rings (SSSR count). The first-order valence-corrected chi connectivity index (χ1v) is 9.44. The zero-order chi connectivity index (χ0) is 20.7. The number of amides is 2. The third-order valence-corrected chi connectivity index (χ3v) is 4.21. The molecule has 2 amide bonds. The summed E-state index contributed by atoms with van der Waals surface area (Å²) in [5.74, 6) is 0.729. The average Bonchev–Trinajstić information content (AvgIpc) is 2.68. The van der Waals surface area contributed by atoms with Crippen LogP contribution in [0, 0.1) is 0 Å². The van der Waals surface area contributed by atoms with E-state index in [2.05, 4.69) is 5.32 Å². The highest BCUT2D eigenvalue weighted by atomic mass is 16.5. The molecular formula is C22H28N2O4. The smallest absolute Gasteiger partial charge is 0.255 e. The van der Waals surface area contributed by atoms with Gasteiger partial charge in [0, 0.05) is 29.9 Å². The molecule has 0 aliphatic rings. The molecule has 28 heavy (non-hydrogen) atoms. The minimum atomic E-state index is -0.290. The number of rotatable bonds is 8. The van der Waals surface area contributed by atoms with Crippen molar-refractivity contribution >= 4 is 17.5 Å². The molecule has 0 saturated carbocycles. The molecule has 150 valence electrons. The highest BCUT2D eigenvalue weighted by molar-refractivity contribution is 6.05. The second kappa shape index (κ2) is 9.78. The maximum Gasteiger partial charge on any atom is 0.255 e. The van der Waals surface area contributed by atoms with E-state index in [-0.39, 0.29) is 17.9 Å². The number of methoxy groups -OCH3 is 1. The molecule has 1 N–H and O–H groups in total. The molecule has 2 aromatic carbocycles. The number of benzene rings is 2. The van der Waals surface area contributed by atoms with Gasteiger partial charge >= 0.3 is 0 Å². The Morgan fingerprint density at radius 1 is 1.00 bits per heavy atom. The second-order valence-corrected chi connectivity index (χ2v) is 6.54. The van der Waals surface area contributed by atoms with Gasteiger partial charge in [0.15, 0.2) is 11.5 Å². The van der Waals surface area contributed by atoms with Gasteiger partial charge in [0.1, 0.15) is 0 Å². The van der Waals surface area contributed by atoms with Crippen LogP contribution in [0.5, 0.6) is 11.5 Å². The van der Waals surface area contributed by atoms with Crippen LogP contribution in [-0.2, 0) is 0 Å². The number of nitrogens with one attached hydrogen (secondary N) is 1. The second-order valence-electron chi connectivity index (χ2n) is 6.54. The molecule has 0 bridgehead atoms. The lowest BCUT2D eigenvalue weighted by atomic mass is 10.1. The molecule has 2 aromatic rings. The van der Waals surface area contributed by atoms with Gasteiger partial charge < -0.3 is 19.7 Å². The number of nitrogens with zero attached hydrogens (tertiary/aromatic N) is 1. The van der Waals surface area contributed by atoms with Crippen LogP contribution in [0.15, 0.2) is 42.5 Å². The Balaban J connectivity index is 2.19. The number of anilines is 1. The van der Waals surface area contributed by atoms with Crippen LogP contribution in [0.4, 0.5) is 5.69 Å². The van der Waals surface area contributed by atoms with Crippen molar-refractivity contribution in [2.45, 2.75) is 33.8 Å². The van der Waals surface area contributed by atoms with E-state index in [9.17, 15) is 9.59 Å². The number of carbonyl (C=O) groups is 2. The fraction of sp³-hybridized carbons (Fsp3) is 0.364. The zero-order valence-electron chi connectivity index (χ0n) is 17.1. The van der Waals surface area contributed by atoms with E-state index in [1.54, 1.807) is 47.4 Å². The first-order valence-electron chi connectivity index (χ1n) is 9.44. The van der Waals surface area contributed by atoms with Crippen molar-refractivity contribution < 1.29 is 19.1 Å². The predicted octanol–water partition coefficient (Wildman–Crippen LogP) is 4.22. The third-order valence-electron chi connectivity index (χ3n) is 4.21. The Hall–Kier alpha value is -3.02. The van der Waals surface area contributed by atoms with Crippen molar-refractivity contribution in [3.05, 3.63) is 53.6 Å². The first-order chi connectivity index (χ1) is 13.4. The largest absolute Gasteiger partial charge is 0.493 e. The van der Waals surface area contributed by atoms with Gasteiger partial charge in [0.2, 0.25) is 0 Å². The minimum absolute atomic E-state index is 0.000314. The summed E-state index contributed by atoms with van der Waals surface area (Å²) < 4.78 is 11.0. The van der Waals surface area contributed by atoms with Gasteiger partial charge in [-0.15, -0.1) is 0 Å². The van der Waals surface area contributed by atoms with E-state index < -0.39 is 0 Å². The van der Waals surface area contributed by atoms with Gasteiger partial charge in [-0.2, -0.15) is 0 Å². The van der Waals surface area contributed by atoms with Crippen LogP contribution in [0.3, 0.4) is 0 Å². The molecule has 6 heteroatoms. The molecule has 0 radical (unpaired) electrons. The van der Waals surface area contributed by atoms with Crippen molar-refractivity contribution in [1.29, 1.82) is 0 Å². The van der Waals surface area contributed by atoms with Gasteiger partial charge in [-0.25, -0.2) is 0 Å². The Kier molecular flexibility index (Phi) is 7.44. The fourth-order valence-electron chi connectivity index (χ4n) is 2.79. The van der Waals surface area contributed by atoms with Gasteiger partial charge in [-0.1, -0.05) is 6.07 Å². The van der Waals surface area contributed by atoms with Crippen molar-refractivity contribution in [2.75, 3.05) is 25.5 Å². The Bertz CT molecular complexity index is 829. The maximum atomic E-state index is 12.6. The van der Waals surface area contributed by atoms with Crippen LogP contribution >= 0.6 is 0 Å². The summed E-state index contributed by atoms with van der Waals surface area (Å²) in [6.07, 6.45) is -0.000314. The highest BCUT2D eigenvalue weighted by Crippen LogP contribution is 2.29. The zero-order valence-corrected chi connectivity index (χ0v) is 17.1. The van der Waals surface area contributed by atoms with Crippen molar-refractivity contribution in [3.63, 3.8) is 0 Å². The molecule has 0 spiro atoms. The Morgan fingerprint density at radius 2 is 1.71 bits per heavy atom. The molecule has 0 aromatic heterocycles. The molecule has 0 unspecified atom stereocenters. The van der Waals surface area contributed by atoms with E-state index in [0.29, 0.717) is 41.4 Å². The standard InChI is InChI=1S/C22H28N2O4/c1-6-24(7-2)22(26)17-9-8-10-18(13-17)23-21(25)16-11-12-19(28-15(3)4)20(14-16)27-5/h8-15H,6-7H2,1-5H3,(H,23,25). The van der Waals surface area contributed by atoms with E-state index >= 15 is 0 Å². The Morgan fingerprint density at radius 3 is 2.32 bits per heavy atom. The van der Waals surface area contributed by atoms with Crippen LogP contribution in [0.2, 0.25) is 0 Å². The first kappa shape index (κ1) is 21.3. The van der Waals surface area contributed by atoms with E-state index in [1.807, 2.05) is 27.7 Å². The summed E-state index contributed by atoms with van der Waals surface area (Å²) in [5, 5.41) is 2.83. The lowest BCUT2D eigenvalue weighted by Crippen LogP contribution is -2.30. The molecule has 0 aliphatic heterocycles.